The number of nitrogens with zero attached hydrogens (tertiary/aromatic N) is 3. The van der Waals surface area contributed by atoms with Gasteiger partial charge in [-0.15, -0.1) is 0 Å². The van der Waals surface area contributed by atoms with Gasteiger partial charge in [-0.3, -0.25) is 18.9 Å². The molecule has 4 heterocycles. The number of aliphatic hydroxyl groups excluding tert-OH is 1. The highest BCUT2D eigenvalue weighted by molar-refractivity contribution is 7.99. The number of nitrogens with two attached hydrogens (primary N) is 1. The second kappa shape index (κ2) is 8.14. The van der Waals surface area contributed by atoms with E-state index in [9.17, 15) is 19.4 Å². The minimum absolute atomic E-state index is 0. The fraction of sp³-hybridized carbons (Fsp3) is 0.706. The average molecular weight is 473 g/mol. The summed E-state index contributed by atoms with van der Waals surface area (Å²) in [5.41, 5.74) is 5.45. The molecule has 0 amide bonds. The van der Waals surface area contributed by atoms with E-state index in [2.05, 4.69) is 15.0 Å². The Kier molecular flexibility index (Phi) is 5.62. The number of aliphatic hydroxyl groups is 1. The van der Waals surface area contributed by atoms with Gasteiger partial charge in [0.25, 0.3) is 13.4 Å². The topological polar surface area (TPSA) is 178 Å². The van der Waals surface area contributed by atoms with Crippen molar-refractivity contribution in [3.05, 3.63) is 10.4 Å². The number of hydrogen-bond acceptors (Lipinski definition) is 11. The fourth-order valence-corrected chi connectivity index (χ4v) is 6.55. The summed E-state index contributed by atoms with van der Waals surface area (Å²) in [5.74, 6) is 1.22. The summed E-state index contributed by atoms with van der Waals surface area (Å²) in [4.78, 5) is 35.2. The smallest absolute Gasteiger partial charge is 0.756 e. The van der Waals surface area contributed by atoms with Gasteiger partial charge in [0.2, 0.25) is 5.95 Å². The maximum Gasteiger partial charge on any atom is 1.00 e. The molecular formula is C17H24N5O7PS. The second-order valence-corrected chi connectivity index (χ2v) is 10.4. The molecule has 0 bridgehead atoms. The molecule has 2 aromatic rings. The van der Waals surface area contributed by atoms with E-state index >= 15 is 0 Å². The third-order valence-electron chi connectivity index (χ3n) is 5.92. The number of phosphoric acid groups is 1. The number of ether oxygens (including phenoxy) is 1. The van der Waals surface area contributed by atoms with Crippen LogP contribution in [0.3, 0.4) is 0 Å². The first-order chi connectivity index (χ1) is 14.8. The molecular weight excluding hydrogens is 449 g/mol. The predicted octanol–water partition coefficient (Wildman–Crippen LogP) is 0.629. The van der Waals surface area contributed by atoms with Crippen molar-refractivity contribution in [2.24, 2.45) is 5.92 Å². The largest absolute Gasteiger partial charge is 1.00 e. The lowest BCUT2D eigenvalue weighted by Gasteiger charge is -2.34. The van der Waals surface area contributed by atoms with Crippen molar-refractivity contribution < 1.29 is 29.8 Å². The monoisotopic (exact) mass is 473 g/mol. The van der Waals surface area contributed by atoms with E-state index in [0.29, 0.717) is 11.1 Å². The highest BCUT2D eigenvalue weighted by Crippen LogP contribution is 2.50. The Morgan fingerprint density at radius 3 is 2.90 bits per heavy atom. The molecule has 31 heavy (non-hydrogen) atoms. The standard InChI is InChI=1S/C17H24N5O7PS/c18-16-20-13-10(14(24)21-16)19-17(31-7-8-4-2-1-3-5-8)22(13)15-11(23)12-9(28-15)6-27-30(25,26)29-12/h8-9,11-12,15,23H,1-7H2,(H,25,26)(H3,18,20,21,24)/t9?,11?,12-,15-/m1/s1. The summed E-state index contributed by atoms with van der Waals surface area (Å²) in [6, 6.07) is 0. The highest BCUT2D eigenvalue weighted by atomic mass is 32.2. The number of imidazole rings is 1. The van der Waals surface area contributed by atoms with Gasteiger partial charge in [0, 0.05) is 5.75 Å². The van der Waals surface area contributed by atoms with Crippen LogP contribution < -0.4 is 16.2 Å². The zero-order valence-electron chi connectivity index (χ0n) is 17.5. The van der Waals surface area contributed by atoms with Crippen molar-refractivity contribution in [3.63, 3.8) is 0 Å². The molecule has 2 aromatic heterocycles. The molecule has 14 heteroatoms. The molecule has 0 spiro atoms. The quantitative estimate of drug-likeness (QED) is 0.419. The molecule has 0 radical (unpaired) electrons. The van der Waals surface area contributed by atoms with Crippen LogP contribution in [0.25, 0.3) is 11.2 Å². The molecule has 3 aliphatic rings. The van der Waals surface area contributed by atoms with E-state index in [-0.39, 0.29) is 25.1 Å². The van der Waals surface area contributed by atoms with Gasteiger partial charge in [0.05, 0.1) is 6.61 Å². The zero-order valence-corrected chi connectivity index (χ0v) is 18.2. The third kappa shape index (κ3) is 4.04. The number of rotatable bonds is 4. The molecule has 12 nitrogen and oxygen atoms in total. The summed E-state index contributed by atoms with van der Waals surface area (Å²) in [7, 11) is -4.51. The molecule has 3 unspecified atom stereocenters. The maximum atomic E-state index is 12.4. The summed E-state index contributed by atoms with van der Waals surface area (Å²) in [5, 5.41) is 11.3. The lowest BCUT2D eigenvalue weighted by molar-refractivity contribution is -0.245. The van der Waals surface area contributed by atoms with E-state index in [1.165, 1.54) is 35.6 Å². The Hall–Kier alpha value is -1.47. The number of aromatic amines is 1. The number of H-pyrrole nitrogens is 1. The second-order valence-electron chi connectivity index (χ2n) is 8.07. The van der Waals surface area contributed by atoms with Gasteiger partial charge in [-0.1, -0.05) is 31.0 Å². The first-order valence-electron chi connectivity index (χ1n) is 10.2. The number of aromatic nitrogens is 4. The number of nitrogen functional groups attached to an aromatic ring is 1. The maximum absolute atomic E-state index is 12.4. The molecule has 2 aliphatic heterocycles. The van der Waals surface area contributed by atoms with Crippen molar-refractivity contribution in [3.8, 4) is 0 Å². The molecule has 2 saturated heterocycles. The number of hydrogen-bond donors (Lipinski definition) is 3. The van der Waals surface area contributed by atoms with Crippen LogP contribution in [0.2, 0.25) is 0 Å². The number of thioether (sulfide) groups is 1. The first kappa shape index (κ1) is 21.4. The Morgan fingerprint density at radius 1 is 1.35 bits per heavy atom. The molecule has 1 saturated carbocycles. The van der Waals surface area contributed by atoms with Crippen molar-refractivity contribution in [1.82, 2.24) is 19.5 Å². The lowest BCUT2D eigenvalue weighted by atomic mass is 9.91. The van der Waals surface area contributed by atoms with Crippen LogP contribution in [0.15, 0.2) is 9.95 Å². The minimum atomic E-state index is -4.51. The Labute approximate surface area is 182 Å². The van der Waals surface area contributed by atoms with Gasteiger partial charge >= 0.3 is 1.43 Å². The Morgan fingerprint density at radius 2 is 2.13 bits per heavy atom. The fourth-order valence-electron chi connectivity index (χ4n) is 4.40. The van der Waals surface area contributed by atoms with Crippen LogP contribution in [0.5, 0.6) is 0 Å². The van der Waals surface area contributed by atoms with Crippen LogP contribution in [-0.2, 0) is 18.3 Å². The lowest BCUT2D eigenvalue weighted by Crippen LogP contribution is -2.41. The van der Waals surface area contributed by atoms with Crippen molar-refractivity contribution in [2.45, 2.75) is 61.8 Å². The van der Waals surface area contributed by atoms with E-state index in [0.717, 1.165) is 18.6 Å². The average Bonchev–Trinajstić information content (AvgIpc) is 3.24. The molecule has 170 valence electrons. The Bertz CT molecular complexity index is 1090. The summed E-state index contributed by atoms with van der Waals surface area (Å²) >= 11 is 1.45. The van der Waals surface area contributed by atoms with Gasteiger partial charge in [-0.2, -0.15) is 4.98 Å². The van der Waals surface area contributed by atoms with Crippen LogP contribution in [0.4, 0.5) is 5.95 Å². The molecule has 1 aliphatic carbocycles. The first-order valence-corrected chi connectivity index (χ1v) is 12.6. The van der Waals surface area contributed by atoms with Gasteiger partial charge in [0.1, 0.15) is 18.3 Å². The number of nitrogens with one attached hydrogen (secondary N) is 1. The molecule has 5 rings (SSSR count). The molecule has 4 N–H and O–H groups in total. The normalized spacial score (nSPS) is 34.3. The summed E-state index contributed by atoms with van der Waals surface area (Å²) < 4.78 is 28.7. The summed E-state index contributed by atoms with van der Waals surface area (Å²) in [6.45, 7) is -0.271. The zero-order chi connectivity index (χ0) is 21.8. The van der Waals surface area contributed by atoms with Crippen molar-refractivity contribution in [1.29, 1.82) is 0 Å². The van der Waals surface area contributed by atoms with Gasteiger partial charge in [0.15, 0.2) is 22.5 Å². The van der Waals surface area contributed by atoms with Crippen LogP contribution in [0.1, 0.15) is 39.8 Å². The van der Waals surface area contributed by atoms with Gasteiger partial charge < -0.3 is 29.5 Å². The minimum Gasteiger partial charge on any atom is -0.756 e. The van der Waals surface area contributed by atoms with Crippen LogP contribution >= 0.6 is 19.6 Å². The number of fused-ring (bicyclic) bond motifs is 2. The molecule has 3 fully saturated rings. The summed E-state index contributed by atoms with van der Waals surface area (Å²) in [6.07, 6.45) is 1.56. The van der Waals surface area contributed by atoms with E-state index in [1.54, 1.807) is 0 Å². The SMILES string of the molecule is Nc1nc2c(nc(SCC3CCCCC3)n2[C@@H]2OC3COP(=O)([O-])O[C@H]3C2O)c(=O)[nH]1.[H+]. The number of phosphoric ester groups is 1. The van der Waals surface area contributed by atoms with Gasteiger partial charge in [-0.25, -0.2) is 4.98 Å². The van der Waals surface area contributed by atoms with E-state index in [1.807, 2.05) is 0 Å². The van der Waals surface area contributed by atoms with Crippen molar-refractivity contribution >= 4 is 36.7 Å². The number of anilines is 1. The molecule has 0 aromatic carbocycles. The van der Waals surface area contributed by atoms with Gasteiger partial charge in [-0.05, 0) is 18.8 Å². The molecule has 5 atom stereocenters. The third-order valence-corrected chi connectivity index (χ3v) is 8.07. The Balaban J connectivity index is 0.00000245. The van der Waals surface area contributed by atoms with Crippen molar-refractivity contribution in [2.75, 3.05) is 18.1 Å². The van der Waals surface area contributed by atoms with Crippen LogP contribution in [-0.4, -0.2) is 55.3 Å². The highest BCUT2D eigenvalue weighted by Gasteiger charge is 2.51. The predicted molar refractivity (Wildman–Crippen MR) is 109 cm³/mol. The van der Waals surface area contributed by atoms with Crippen LogP contribution in [0, 0.1) is 5.92 Å². The van der Waals surface area contributed by atoms with E-state index < -0.39 is 37.9 Å². The van der Waals surface area contributed by atoms with E-state index in [4.69, 9.17) is 19.5 Å².